The Hall–Kier alpha value is -2.06. The van der Waals surface area contributed by atoms with Gasteiger partial charge in [-0.15, -0.1) is 0 Å². The first-order valence-electron chi connectivity index (χ1n) is 8.90. The Labute approximate surface area is 164 Å². The highest BCUT2D eigenvalue weighted by molar-refractivity contribution is 7.99. The van der Waals surface area contributed by atoms with Gasteiger partial charge in [-0.1, -0.05) is 13.3 Å². The monoisotopic (exact) mass is 396 g/mol. The van der Waals surface area contributed by atoms with Crippen LogP contribution in [0.25, 0.3) is 0 Å². The van der Waals surface area contributed by atoms with Crippen molar-refractivity contribution in [3.8, 4) is 0 Å². The smallest absolute Gasteiger partial charge is 0.306 e. The number of nitrogens with two attached hydrogens (primary N) is 1. The molecule has 8 heteroatoms. The van der Waals surface area contributed by atoms with Crippen LogP contribution in [0.1, 0.15) is 43.0 Å². The number of benzene rings is 1. The Morgan fingerprint density at radius 3 is 2.67 bits per heavy atom. The summed E-state index contributed by atoms with van der Waals surface area (Å²) >= 11 is 1.50. The molecule has 0 aliphatic rings. The van der Waals surface area contributed by atoms with Gasteiger partial charge < -0.3 is 20.9 Å². The number of anilines is 2. The van der Waals surface area contributed by atoms with Crippen LogP contribution in [0.5, 0.6) is 0 Å². The quantitative estimate of drug-likeness (QED) is 0.266. The van der Waals surface area contributed by atoms with E-state index in [0.717, 1.165) is 12.2 Å². The first kappa shape index (κ1) is 23.0. The maximum Gasteiger partial charge on any atom is 0.306 e. The molecule has 7 nitrogen and oxygen atoms in total. The third kappa shape index (κ3) is 8.92. The van der Waals surface area contributed by atoms with E-state index in [1.165, 1.54) is 23.9 Å². The largest absolute Gasteiger partial charge is 0.481 e. The van der Waals surface area contributed by atoms with Gasteiger partial charge in [0.15, 0.2) is 5.78 Å². The molecule has 0 saturated carbocycles. The molecule has 0 heterocycles. The number of rotatable bonds is 13. The number of Topliss-reactive ketones (excluding diaryl/α,β-unsaturated/α-hetero) is 1. The Kier molecular flexibility index (Phi) is 10.5. The molecule has 1 rings (SSSR count). The van der Waals surface area contributed by atoms with Crippen LogP contribution in [-0.2, 0) is 14.3 Å². The van der Waals surface area contributed by atoms with E-state index < -0.39 is 11.9 Å². The topological polar surface area (TPSA) is 119 Å². The molecule has 0 spiro atoms. The summed E-state index contributed by atoms with van der Waals surface area (Å²) in [4.78, 5) is 35.7. The van der Waals surface area contributed by atoms with Gasteiger partial charge in [-0.25, -0.2) is 0 Å². The van der Waals surface area contributed by atoms with Crippen molar-refractivity contribution in [1.29, 1.82) is 0 Å². The summed E-state index contributed by atoms with van der Waals surface area (Å²) in [6.07, 6.45) is 1.90. The second-order valence-corrected chi connectivity index (χ2v) is 7.35. The van der Waals surface area contributed by atoms with E-state index in [1.807, 2.05) is 6.92 Å². The molecule has 0 bridgehead atoms. The highest BCUT2D eigenvalue weighted by atomic mass is 32.2. The number of ether oxygens (including phenoxy) is 1. The summed E-state index contributed by atoms with van der Waals surface area (Å²) in [5.74, 6) is -1.07. The minimum Gasteiger partial charge on any atom is -0.481 e. The predicted molar refractivity (Wildman–Crippen MR) is 108 cm³/mol. The third-order valence-electron chi connectivity index (χ3n) is 3.85. The van der Waals surface area contributed by atoms with Gasteiger partial charge in [0.05, 0.1) is 11.7 Å². The summed E-state index contributed by atoms with van der Waals surface area (Å²) in [5.41, 5.74) is 6.92. The number of nitrogens with one attached hydrogen (secondary N) is 1. The number of amides is 1. The average molecular weight is 397 g/mol. The van der Waals surface area contributed by atoms with Gasteiger partial charge in [-0.05, 0) is 36.8 Å². The fraction of sp³-hybridized carbons (Fsp3) is 0.526. The number of carboxylic acids is 1. The number of aliphatic carboxylic acids is 1. The molecule has 0 aromatic heterocycles. The molecule has 4 N–H and O–H groups in total. The van der Waals surface area contributed by atoms with Crippen molar-refractivity contribution in [2.24, 2.45) is 5.92 Å². The second kappa shape index (κ2) is 12.3. The summed E-state index contributed by atoms with van der Waals surface area (Å²) in [6, 6.07) is 4.62. The van der Waals surface area contributed by atoms with Crippen molar-refractivity contribution in [2.45, 2.75) is 32.6 Å². The van der Waals surface area contributed by atoms with Gasteiger partial charge in [0.2, 0.25) is 5.91 Å². The minimum atomic E-state index is -0.979. The van der Waals surface area contributed by atoms with Crippen LogP contribution in [0.2, 0.25) is 0 Å². The summed E-state index contributed by atoms with van der Waals surface area (Å²) in [6.45, 7) is 2.53. The zero-order valence-electron chi connectivity index (χ0n) is 15.8. The Bertz CT molecular complexity index is 651. The summed E-state index contributed by atoms with van der Waals surface area (Å²) in [5, 5.41) is 12.0. The van der Waals surface area contributed by atoms with Crippen molar-refractivity contribution in [1.82, 2.24) is 0 Å². The van der Waals surface area contributed by atoms with Crippen LogP contribution in [0, 0.1) is 5.92 Å². The number of ketones is 1. The van der Waals surface area contributed by atoms with Crippen LogP contribution in [0.4, 0.5) is 11.4 Å². The Balaban J connectivity index is 2.69. The molecule has 1 aromatic rings. The molecule has 1 amide bonds. The molecule has 0 fully saturated rings. The van der Waals surface area contributed by atoms with Crippen LogP contribution >= 0.6 is 11.8 Å². The van der Waals surface area contributed by atoms with E-state index >= 15 is 0 Å². The zero-order valence-corrected chi connectivity index (χ0v) is 16.6. The van der Waals surface area contributed by atoms with Crippen LogP contribution in [-0.4, -0.2) is 48.0 Å². The van der Waals surface area contributed by atoms with Gasteiger partial charge in [-0.2, -0.15) is 11.8 Å². The number of carboxylic acid groups (broad SMARTS) is 1. The van der Waals surface area contributed by atoms with E-state index in [0.29, 0.717) is 42.1 Å². The lowest BCUT2D eigenvalue weighted by atomic mass is 9.94. The van der Waals surface area contributed by atoms with Gasteiger partial charge in [0, 0.05) is 37.1 Å². The number of thioether (sulfide) groups is 1. The molecule has 0 aliphatic carbocycles. The van der Waals surface area contributed by atoms with Crippen molar-refractivity contribution < 1.29 is 24.2 Å². The lowest BCUT2D eigenvalue weighted by Crippen LogP contribution is -2.19. The highest BCUT2D eigenvalue weighted by Crippen LogP contribution is 2.21. The highest BCUT2D eigenvalue weighted by Gasteiger charge is 2.21. The van der Waals surface area contributed by atoms with Crippen molar-refractivity contribution >= 4 is 40.8 Å². The van der Waals surface area contributed by atoms with Crippen molar-refractivity contribution in [3.05, 3.63) is 23.8 Å². The summed E-state index contributed by atoms with van der Waals surface area (Å²) < 4.78 is 4.95. The number of methoxy groups -OCH3 is 1. The predicted octanol–water partition coefficient (Wildman–Crippen LogP) is 3.05. The first-order chi connectivity index (χ1) is 12.9. The molecule has 150 valence electrons. The van der Waals surface area contributed by atoms with E-state index in [4.69, 9.17) is 10.5 Å². The zero-order chi connectivity index (χ0) is 20.2. The normalized spacial score (nSPS) is 11.8. The number of hydrogen-bond donors (Lipinski definition) is 3. The molecule has 27 heavy (non-hydrogen) atoms. The first-order valence-corrected chi connectivity index (χ1v) is 10.1. The van der Waals surface area contributed by atoms with E-state index in [2.05, 4.69) is 5.32 Å². The van der Waals surface area contributed by atoms with Crippen LogP contribution in [0.15, 0.2) is 18.2 Å². The van der Waals surface area contributed by atoms with Gasteiger partial charge in [-0.3, -0.25) is 14.4 Å². The minimum absolute atomic E-state index is 0.0879. The number of nitrogen functional groups attached to an aromatic ring is 1. The fourth-order valence-corrected chi connectivity index (χ4v) is 3.28. The number of hydrogen-bond acceptors (Lipinski definition) is 6. The van der Waals surface area contributed by atoms with Crippen LogP contribution < -0.4 is 11.1 Å². The van der Waals surface area contributed by atoms with E-state index in [9.17, 15) is 19.5 Å². The summed E-state index contributed by atoms with van der Waals surface area (Å²) in [7, 11) is 1.64. The number of carbonyl (C=O) groups excluding carboxylic acids is 2. The van der Waals surface area contributed by atoms with Gasteiger partial charge in [0.25, 0.3) is 0 Å². The lowest BCUT2D eigenvalue weighted by Gasteiger charge is -2.12. The molecule has 1 atom stereocenters. The maximum absolute atomic E-state index is 12.4. The molecular formula is C19H28N2O5S. The van der Waals surface area contributed by atoms with E-state index in [1.54, 1.807) is 13.2 Å². The Morgan fingerprint density at radius 2 is 2.04 bits per heavy atom. The average Bonchev–Trinajstić information content (AvgIpc) is 2.60. The van der Waals surface area contributed by atoms with Crippen molar-refractivity contribution in [2.75, 3.05) is 36.3 Å². The maximum atomic E-state index is 12.4. The standard InChI is InChI=1S/C19H28N2O5S/c1-3-5-13(19(24)25)10-17(22)14-8-15(20)11-16(9-14)21-18(23)12-27-7-4-6-26-2/h8-9,11,13H,3-7,10,12,20H2,1-2H3,(H,21,23)(H,24,25). The van der Waals surface area contributed by atoms with Gasteiger partial charge >= 0.3 is 5.97 Å². The fourth-order valence-electron chi connectivity index (χ4n) is 2.56. The molecular weight excluding hydrogens is 368 g/mol. The van der Waals surface area contributed by atoms with Gasteiger partial charge in [0.1, 0.15) is 0 Å². The molecule has 0 aliphatic heterocycles. The molecule has 0 radical (unpaired) electrons. The third-order valence-corrected chi connectivity index (χ3v) is 4.89. The molecule has 1 unspecified atom stereocenters. The van der Waals surface area contributed by atoms with E-state index in [-0.39, 0.29) is 18.1 Å². The number of carbonyl (C=O) groups is 3. The molecule has 0 saturated heterocycles. The Morgan fingerprint density at radius 1 is 1.30 bits per heavy atom. The van der Waals surface area contributed by atoms with Crippen LogP contribution in [0.3, 0.4) is 0 Å². The lowest BCUT2D eigenvalue weighted by molar-refractivity contribution is -0.141. The SMILES string of the molecule is CCCC(CC(=O)c1cc(N)cc(NC(=O)CSCCCOC)c1)C(=O)O. The second-order valence-electron chi connectivity index (χ2n) is 6.24. The molecule has 1 aromatic carbocycles. The van der Waals surface area contributed by atoms with Crippen molar-refractivity contribution in [3.63, 3.8) is 0 Å².